The van der Waals surface area contributed by atoms with Crippen LogP contribution in [0.4, 0.5) is 11.4 Å². The Kier molecular flexibility index (Phi) is 5.67. The zero-order chi connectivity index (χ0) is 22.7. The average Bonchev–Trinajstić information content (AvgIpc) is 3.17. The second-order valence-corrected chi connectivity index (χ2v) is 7.04. The molecular weight excluding hydrogens is 408 g/mol. The number of methoxy groups -OCH3 is 1. The van der Waals surface area contributed by atoms with E-state index in [2.05, 4.69) is 10.1 Å². The maximum atomic E-state index is 13.4. The van der Waals surface area contributed by atoms with E-state index in [1.165, 1.54) is 28.9 Å². The van der Waals surface area contributed by atoms with Gasteiger partial charge in [-0.3, -0.25) is 25.0 Å². The van der Waals surface area contributed by atoms with E-state index in [9.17, 15) is 14.9 Å². The third kappa shape index (κ3) is 4.06. The van der Waals surface area contributed by atoms with Gasteiger partial charge in [0, 0.05) is 17.7 Å². The number of rotatable bonds is 6. The summed E-state index contributed by atoms with van der Waals surface area (Å²) >= 11 is 0. The highest BCUT2D eigenvalue weighted by atomic mass is 16.6. The third-order valence-corrected chi connectivity index (χ3v) is 5.00. The van der Waals surface area contributed by atoms with Gasteiger partial charge in [0.2, 0.25) is 0 Å². The molecule has 0 spiro atoms. The van der Waals surface area contributed by atoms with Crippen LogP contribution in [-0.4, -0.2) is 27.5 Å². The molecule has 0 aliphatic heterocycles. The molecule has 0 bridgehead atoms. The molecule has 3 aromatic carbocycles. The van der Waals surface area contributed by atoms with Gasteiger partial charge in [-0.15, -0.1) is 0 Å². The topological polar surface area (TPSA) is 103 Å². The monoisotopic (exact) mass is 428 g/mol. The number of nitrogens with zero attached hydrogens (tertiary/aromatic N) is 3. The predicted octanol–water partition coefficient (Wildman–Crippen LogP) is 4.89. The second kappa shape index (κ2) is 8.73. The molecule has 8 heteroatoms. The van der Waals surface area contributed by atoms with Crippen LogP contribution in [0.5, 0.6) is 5.75 Å². The first-order valence-electron chi connectivity index (χ1n) is 9.83. The number of benzene rings is 3. The number of H-pyrrole nitrogens is 1. The summed E-state index contributed by atoms with van der Waals surface area (Å²) in [5, 5.41) is 14.1. The summed E-state index contributed by atoms with van der Waals surface area (Å²) in [7, 11) is 1.59. The molecule has 0 fully saturated rings. The predicted molar refractivity (Wildman–Crippen MR) is 123 cm³/mol. The number of aromatic nitrogens is 2. The minimum Gasteiger partial charge on any atom is -0.497 e. The molecule has 1 heterocycles. The van der Waals surface area contributed by atoms with Gasteiger partial charge >= 0.3 is 0 Å². The number of hydrogen-bond donors (Lipinski definition) is 1. The highest BCUT2D eigenvalue weighted by Gasteiger charge is 2.20. The van der Waals surface area contributed by atoms with Crippen LogP contribution in [0, 0.1) is 10.1 Å². The molecule has 4 aromatic rings. The highest BCUT2D eigenvalue weighted by molar-refractivity contribution is 6.04. The molecule has 0 saturated carbocycles. The van der Waals surface area contributed by atoms with Crippen molar-refractivity contribution in [3.05, 3.63) is 105 Å². The van der Waals surface area contributed by atoms with Gasteiger partial charge in [-0.2, -0.15) is 0 Å². The van der Waals surface area contributed by atoms with Crippen LogP contribution in [0.25, 0.3) is 16.9 Å². The zero-order valence-corrected chi connectivity index (χ0v) is 17.5. The van der Waals surface area contributed by atoms with Crippen LogP contribution in [0.15, 0.2) is 88.6 Å². The lowest BCUT2D eigenvalue weighted by atomic mass is 10.0. The molecule has 1 aromatic heterocycles. The Morgan fingerprint density at radius 1 is 1.00 bits per heavy atom. The normalized spacial score (nSPS) is 11.4. The molecule has 0 amide bonds. The standard InChI is InChI=1S/C24H20N4O4/c1-16(25-18-6-4-3-5-7-18)22-23(17-8-14-21(32-2)15-9-17)26-27(24(22)29)19-10-12-20(13-11-19)28(30)31/h3-15,26H,1-2H3. The van der Waals surface area contributed by atoms with Gasteiger partial charge in [-0.25, -0.2) is 4.68 Å². The molecule has 8 nitrogen and oxygen atoms in total. The number of ether oxygens (including phenoxy) is 1. The molecule has 32 heavy (non-hydrogen) atoms. The smallest absolute Gasteiger partial charge is 0.280 e. The number of nitrogens with one attached hydrogen (secondary N) is 1. The molecule has 0 aliphatic carbocycles. The number of nitro benzene ring substituents is 1. The van der Waals surface area contributed by atoms with Gasteiger partial charge in [0.15, 0.2) is 0 Å². The van der Waals surface area contributed by atoms with Crippen LogP contribution in [0.3, 0.4) is 0 Å². The third-order valence-electron chi connectivity index (χ3n) is 5.00. The maximum absolute atomic E-state index is 13.4. The fourth-order valence-electron chi connectivity index (χ4n) is 3.40. The van der Waals surface area contributed by atoms with Crippen LogP contribution < -0.4 is 10.3 Å². The first kappa shape index (κ1) is 20.8. The second-order valence-electron chi connectivity index (χ2n) is 7.04. The number of hydrogen-bond acceptors (Lipinski definition) is 5. The van der Waals surface area contributed by atoms with E-state index in [4.69, 9.17) is 4.74 Å². The van der Waals surface area contributed by atoms with E-state index in [0.717, 1.165) is 11.3 Å². The summed E-state index contributed by atoms with van der Waals surface area (Å²) in [6, 6.07) is 22.5. The maximum Gasteiger partial charge on any atom is 0.280 e. The number of aliphatic imine (C=N–C) groups is 1. The summed E-state index contributed by atoms with van der Waals surface area (Å²) in [5.74, 6) is 0.696. The Hall–Kier alpha value is -4.46. The van der Waals surface area contributed by atoms with Gasteiger partial charge < -0.3 is 4.74 Å². The minimum atomic E-state index is -0.480. The fraction of sp³-hybridized carbons (Fsp3) is 0.0833. The van der Waals surface area contributed by atoms with Crippen molar-refractivity contribution in [1.29, 1.82) is 0 Å². The van der Waals surface area contributed by atoms with E-state index >= 15 is 0 Å². The Balaban J connectivity index is 1.88. The first-order valence-corrected chi connectivity index (χ1v) is 9.83. The van der Waals surface area contributed by atoms with Gasteiger partial charge in [-0.1, -0.05) is 18.2 Å². The molecule has 160 valence electrons. The minimum absolute atomic E-state index is 0.0502. The molecule has 0 aliphatic rings. The van der Waals surface area contributed by atoms with Crippen molar-refractivity contribution < 1.29 is 9.66 Å². The Morgan fingerprint density at radius 3 is 2.25 bits per heavy atom. The van der Waals surface area contributed by atoms with E-state index in [1.807, 2.05) is 54.6 Å². The first-order chi connectivity index (χ1) is 15.5. The number of nitro groups is 1. The SMILES string of the molecule is COc1ccc(-c2[nH]n(-c3ccc([N+](=O)[O-])cc3)c(=O)c2C(C)=Nc2ccccc2)cc1. The summed E-state index contributed by atoms with van der Waals surface area (Å²) < 4.78 is 6.60. The van der Waals surface area contributed by atoms with Gasteiger partial charge in [0.1, 0.15) is 5.75 Å². The van der Waals surface area contributed by atoms with Crippen LogP contribution >= 0.6 is 0 Å². The quantitative estimate of drug-likeness (QED) is 0.268. The van der Waals surface area contributed by atoms with Crippen LogP contribution in [0.2, 0.25) is 0 Å². The summed E-state index contributed by atoms with van der Waals surface area (Å²) in [6.07, 6.45) is 0. The molecule has 0 saturated heterocycles. The van der Waals surface area contributed by atoms with Crippen molar-refractivity contribution in [2.75, 3.05) is 7.11 Å². The lowest BCUT2D eigenvalue weighted by molar-refractivity contribution is -0.384. The van der Waals surface area contributed by atoms with E-state index in [-0.39, 0.29) is 11.2 Å². The van der Waals surface area contributed by atoms with Gasteiger partial charge in [0.25, 0.3) is 11.2 Å². The van der Waals surface area contributed by atoms with E-state index in [1.54, 1.807) is 14.0 Å². The number of aromatic amines is 1. The highest BCUT2D eigenvalue weighted by Crippen LogP contribution is 2.25. The fourth-order valence-corrected chi connectivity index (χ4v) is 3.40. The largest absolute Gasteiger partial charge is 0.497 e. The van der Waals surface area contributed by atoms with Crippen molar-refractivity contribution in [3.8, 4) is 22.7 Å². The average molecular weight is 428 g/mol. The Bertz CT molecular complexity index is 1340. The summed E-state index contributed by atoms with van der Waals surface area (Å²) in [6.45, 7) is 1.78. The van der Waals surface area contributed by atoms with Crippen LogP contribution in [-0.2, 0) is 0 Å². The molecule has 1 N–H and O–H groups in total. The molecule has 0 unspecified atom stereocenters. The number of non-ortho nitro benzene ring substituents is 1. The van der Waals surface area contributed by atoms with Gasteiger partial charge in [-0.05, 0) is 55.5 Å². The van der Waals surface area contributed by atoms with E-state index in [0.29, 0.717) is 28.4 Å². The van der Waals surface area contributed by atoms with E-state index < -0.39 is 4.92 Å². The zero-order valence-electron chi connectivity index (χ0n) is 17.5. The Labute approximate surface area is 183 Å². The lowest BCUT2D eigenvalue weighted by Gasteiger charge is -2.05. The summed E-state index contributed by atoms with van der Waals surface area (Å²) in [4.78, 5) is 28.6. The van der Waals surface area contributed by atoms with Crippen molar-refractivity contribution in [1.82, 2.24) is 9.78 Å². The molecule has 0 atom stereocenters. The molecular formula is C24H20N4O4. The summed E-state index contributed by atoms with van der Waals surface area (Å²) in [5.41, 5.74) is 3.19. The Morgan fingerprint density at radius 2 is 1.66 bits per heavy atom. The number of para-hydroxylation sites is 1. The van der Waals surface area contributed by atoms with Crippen molar-refractivity contribution in [3.63, 3.8) is 0 Å². The van der Waals surface area contributed by atoms with Crippen molar-refractivity contribution >= 4 is 17.1 Å². The van der Waals surface area contributed by atoms with Crippen molar-refractivity contribution in [2.45, 2.75) is 6.92 Å². The molecule has 4 rings (SSSR count). The van der Waals surface area contributed by atoms with Gasteiger partial charge in [0.05, 0.1) is 40.4 Å². The van der Waals surface area contributed by atoms with Crippen molar-refractivity contribution in [2.24, 2.45) is 4.99 Å². The van der Waals surface area contributed by atoms with Crippen LogP contribution in [0.1, 0.15) is 12.5 Å². The lowest BCUT2D eigenvalue weighted by Crippen LogP contribution is -2.19. The molecule has 0 radical (unpaired) electrons.